The van der Waals surface area contributed by atoms with Crippen LogP contribution in [0.4, 0.5) is 0 Å². The highest BCUT2D eigenvalue weighted by molar-refractivity contribution is 7.26. The SMILES string of the molecule is c1ccc2c(c1)nc(-c1ccc(-c3cc(-n4c5ccccc5c5ccccc54)cc(-n4c5ccccc5c5ccccc54)c3)cc1)c1ccc3c4ccccc4sc3c12. The average molecular weight is 768 g/mol. The van der Waals surface area contributed by atoms with E-state index in [9.17, 15) is 0 Å². The van der Waals surface area contributed by atoms with Gasteiger partial charge in [0.25, 0.3) is 0 Å². The molecule has 9 aromatic carbocycles. The van der Waals surface area contributed by atoms with E-state index in [0.717, 1.165) is 39.3 Å². The quantitative estimate of drug-likeness (QED) is 0.164. The van der Waals surface area contributed by atoms with Gasteiger partial charge in [-0.15, -0.1) is 11.3 Å². The van der Waals surface area contributed by atoms with Crippen LogP contribution in [0, 0.1) is 0 Å². The van der Waals surface area contributed by atoms with E-state index < -0.39 is 0 Å². The number of benzene rings is 9. The Morgan fingerprint density at radius 1 is 0.339 bits per heavy atom. The van der Waals surface area contributed by atoms with Crippen molar-refractivity contribution in [2.45, 2.75) is 0 Å². The molecule has 0 radical (unpaired) electrons. The third-order valence-corrected chi connectivity index (χ3v) is 13.5. The van der Waals surface area contributed by atoms with Gasteiger partial charge in [-0.1, -0.05) is 146 Å². The lowest BCUT2D eigenvalue weighted by Crippen LogP contribution is -2.00. The fourth-order valence-electron chi connectivity index (χ4n) is 9.68. The van der Waals surface area contributed by atoms with Gasteiger partial charge in [-0.2, -0.15) is 0 Å². The van der Waals surface area contributed by atoms with Crippen molar-refractivity contribution < 1.29 is 0 Å². The number of para-hydroxylation sites is 5. The Labute approximate surface area is 343 Å². The highest BCUT2D eigenvalue weighted by Gasteiger charge is 2.19. The molecular weight excluding hydrogens is 735 g/mol. The van der Waals surface area contributed by atoms with Crippen molar-refractivity contribution in [3.63, 3.8) is 0 Å². The number of nitrogens with zero attached hydrogens (tertiary/aromatic N) is 3. The molecular formula is C55H33N3S. The number of rotatable bonds is 4. The van der Waals surface area contributed by atoms with Crippen LogP contribution in [0.2, 0.25) is 0 Å². The van der Waals surface area contributed by atoms with Crippen LogP contribution in [0.1, 0.15) is 0 Å². The maximum Gasteiger partial charge on any atom is 0.0788 e. The molecule has 4 aromatic heterocycles. The summed E-state index contributed by atoms with van der Waals surface area (Å²) in [5.74, 6) is 0. The smallest absolute Gasteiger partial charge is 0.0788 e. The first-order valence-electron chi connectivity index (χ1n) is 20.1. The Kier molecular flexibility index (Phi) is 6.89. The number of thiophene rings is 1. The summed E-state index contributed by atoms with van der Waals surface area (Å²) in [5, 5.41) is 11.3. The number of pyridine rings is 1. The minimum atomic E-state index is 1.01. The summed E-state index contributed by atoms with van der Waals surface area (Å²) in [6.07, 6.45) is 0. The Hall–Kier alpha value is -7.53. The normalized spacial score (nSPS) is 12.1. The Morgan fingerprint density at radius 2 is 0.797 bits per heavy atom. The van der Waals surface area contributed by atoms with E-state index in [4.69, 9.17) is 4.98 Å². The third-order valence-electron chi connectivity index (χ3n) is 12.3. The van der Waals surface area contributed by atoms with Crippen molar-refractivity contribution >= 4 is 96.8 Å². The minimum absolute atomic E-state index is 1.01. The van der Waals surface area contributed by atoms with Gasteiger partial charge in [0.15, 0.2) is 0 Å². The molecule has 0 bridgehead atoms. The molecule has 4 heteroatoms. The van der Waals surface area contributed by atoms with Gasteiger partial charge in [-0.05, 0) is 65.7 Å². The zero-order valence-electron chi connectivity index (χ0n) is 31.8. The molecule has 4 heterocycles. The van der Waals surface area contributed by atoms with Gasteiger partial charge in [-0.25, -0.2) is 4.98 Å². The average Bonchev–Trinajstić information content (AvgIpc) is 3.97. The summed E-state index contributed by atoms with van der Waals surface area (Å²) in [7, 11) is 0. The van der Waals surface area contributed by atoms with Crippen molar-refractivity contribution in [1.29, 1.82) is 0 Å². The van der Waals surface area contributed by atoms with Crippen LogP contribution >= 0.6 is 11.3 Å². The van der Waals surface area contributed by atoms with Gasteiger partial charge in [-0.3, -0.25) is 0 Å². The van der Waals surface area contributed by atoms with Crippen molar-refractivity contribution in [3.8, 4) is 33.8 Å². The summed E-state index contributed by atoms with van der Waals surface area (Å²) in [6.45, 7) is 0. The molecule has 0 unspecified atom stereocenters. The van der Waals surface area contributed by atoms with Crippen LogP contribution in [-0.4, -0.2) is 14.1 Å². The number of hydrogen-bond acceptors (Lipinski definition) is 2. The zero-order chi connectivity index (χ0) is 38.6. The largest absolute Gasteiger partial charge is 0.309 e. The molecule has 0 saturated carbocycles. The second-order valence-corrected chi connectivity index (χ2v) is 16.5. The lowest BCUT2D eigenvalue weighted by Gasteiger charge is -2.16. The van der Waals surface area contributed by atoms with Crippen LogP contribution in [-0.2, 0) is 0 Å². The zero-order valence-corrected chi connectivity index (χ0v) is 32.6. The molecule has 274 valence electrons. The van der Waals surface area contributed by atoms with E-state index in [1.54, 1.807) is 0 Å². The Morgan fingerprint density at radius 3 is 1.37 bits per heavy atom. The maximum absolute atomic E-state index is 5.35. The molecule has 13 rings (SSSR count). The van der Waals surface area contributed by atoms with Gasteiger partial charge >= 0.3 is 0 Å². The molecule has 0 aliphatic heterocycles. The first-order chi connectivity index (χ1) is 29.3. The van der Waals surface area contributed by atoms with Crippen LogP contribution in [0.5, 0.6) is 0 Å². The molecule has 0 spiro atoms. The molecule has 13 aromatic rings. The van der Waals surface area contributed by atoms with Gasteiger partial charge in [0.2, 0.25) is 0 Å². The second-order valence-electron chi connectivity index (χ2n) is 15.5. The lowest BCUT2D eigenvalue weighted by atomic mass is 9.96. The first kappa shape index (κ1) is 32.5. The highest BCUT2D eigenvalue weighted by atomic mass is 32.1. The number of aromatic nitrogens is 3. The predicted octanol–water partition coefficient (Wildman–Crippen LogP) is 15.3. The molecule has 3 nitrogen and oxygen atoms in total. The van der Waals surface area contributed by atoms with Crippen LogP contribution in [0.25, 0.3) is 119 Å². The van der Waals surface area contributed by atoms with E-state index in [1.165, 1.54) is 79.9 Å². The Balaban J connectivity index is 1.04. The molecule has 0 amide bonds. The first-order valence-corrected chi connectivity index (χ1v) is 20.9. The number of fused-ring (bicyclic) bond motifs is 13. The molecule has 0 aliphatic rings. The van der Waals surface area contributed by atoms with E-state index >= 15 is 0 Å². The van der Waals surface area contributed by atoms with E-state index in [0.29, 0.717) is 0 Å². The van der Waals surface area contributed by atoms with Crippen molar-refractivity contribution in [1.82, 2.24) is 14.1 Å². The fourth-order valence-corrected chi connectivity index (χ4v) is 10.9. The summed E-state index contributed by atoms with van der Waals surface area (Å²) in [5.41, 5.74) is 12.4. The summed E-state index contributed by atoms with van der Waals surface area (Å²) in [4.78, 5) is 5.35. The molecule has 59 heavy (non-hydrogen) atoms. The Bertz CT molecular complexity index is 3610. The monoisotopic (exact) mass is 767 g/mol. The van der Waals surface area contributed by atoms with Crippen LogP contribution in [0.15, 0.2) is 200 Å². The van der Waals surface area contributed by atoms with Crippen molar-refractivity contribution in [2.75, 3.05) is 0 Å². The second kappa shape index (κ2) is 12.5. The highest BCUT2D eigenvalue weighted by Crippen LogP contribution is 2.44. The predicted molar refractivity (Wildman–Crippen MR) is 252 cm³/mol. The van der Waals surface area contributed by atoms with Crippen LogP contribution < -0.4 is 0 Å². The molecule has 0 N–H and O–H groups in total. The number of hydrogen-bond donors (Lipinski definition) is 0. The van der Waals surface area contributed by atoms with E-state index in [-0.39, 0.29) is 0 Å². The molecule has 0 saturated heterocycles. The summed E-state index contributed by atoms with van der Waals surface area (Å²) < 4.78 is 7.49. The fraction of sp³-hybridized carbons (Fsp3) is 0. The van der Waals surface area contributed by atoms with Gasteiger partial charge in [0.05, 0.1) is 33.3 Å². The standard InChI is InChI=1S/C55H33N3S/c1-7-19-47-45(18-1)53-46(30-29-44-43-17-6-12-24-52(43)59-55(44)53)54(56-47)35-27-25-34(26-28-35)36-31-37(57-48-20-8-2-13-39(48)40-14-3-9-21-49(40)57)33-38(32-36)58-50-22-10-4-15-41(50)42-16-5-11-23-51(42)58/h1-33H. The van der Waals surface area contributed by atoms with Crippen molar-refractivity contribution in [2.24, 2.45) is 0 Å². The summed E-state index contributed by atoms with van der Waals surface area (Å²) in [6, 6.07) is 73.1. The lowest BCUT2D eigenvalue weighted by molar-refractivity contribution is 1.13. The van der Waals surface area contributed by atoms with Gasteiger partial charge in [0, 0.05) is 74.8 Å². The van der Waals surface area contributed by atoms with E-state index in [1.807, 2.05) is 11.3 Å². The minimum Gasteiger partial charge on any atom is -0.309 e. The molecule has 0 aliphatic carbocycles. The van der Waals surface area contributed by atoms with E-state index in [2.05, 4.69) is 209 Å². The van der Waals surface area contributed by atoms with Crippen molar-refractivity contribution in [3.05, 3.63) is 200 Å². The molecule has 0 fully saturated rings. The van der Waals surface area contributed by atoms with Gasteiger partial charge in [0.1, 0.15) is 0 Å². The maximum atomic E-state index is 5.35. The van der Waals surface area contributed by atoms with Gasteiger partial charge < -0.3 is 9.13 Å². The molecule has 0 atom stereocenters. The topological polar surface area (TPSA) is 22.8 Å². The van der Waals surface area contributed by atoms with Crippen LogP contribution in [0.3, 0.4) is 0 Å². The summed E-state index contributed by atoms with van der Waals surface area (Å²) >= 11 is 1.88. The third kappa shape index (κ3) is 4.78.